The first kappa shape index (κ1) is 11.8. The maximum Gasteiger partial charge on any atom is 0.212 e. The Bertz CT molecular complexity index is 685. The molecule has 0 unspecified atom stereocenters. The third-order valence-electron chi connectivity index (χ3n) is 2.15. The van der Waals surface area contributed by atoms with Crippen LogP contribution in [0.5, 0.6) is 0 Å². The maximum absolute atomic E-state index is 12.9. The fourth-order valence-corrected chi connectivity index (χ4v) is 2.08. The molecule has 1 aromatic carbocycles. The molecule has 0 aliphatic heterocycles. The Kier molecular flexibility index (Phi) is 2.74. The lowest BCUT2D eigenvalue weighted by Crippen LogP contribution is -2.13. The summed E-state index contributed by atoms with van der Waals surface area (Å²) in [6.45, 7) is 0. The highest BCUT2D eigenvalue weighted by atomic mass is 32.2. The van der Waals surface area contributed by atoms with Crippen LogP contribution < -0.4 is 0 Å². The molecule has 17 heavy (non-hydrogen) atoms. The van der Waals surface area contributed by atoms with Gasteiger partial charge in [-0.3, -0.25) is 4.79 Å². The van der Waals surface area contributed by atoms with E-state index in [0.717, 1.165) is 6.26 Å². The van der Waals surface area contributed by atoms with Gasteiger partial charge in [0.25, 0.3) is 0 Å². The lowest BCUT2D eigenvalue weighted by atomic mass is 10.2. The smallest absolute Gasteiger partial charge is 0.212 e. The van der Waals surface area contributed by atoms with Gasteiger partial charge in [-0.05, 0) is 24.3 Å². The fourth-order valence-electron chi connectivity index (χ4n) is 1.46. The number of halogens is 1. The van der Waals surface area contributed by atoms with Crippen molar-refractivity contribution in [2.75, 3.05) is 12.0 Å². The van der Waals surface area contributed by atoms with Crippen LogP contribution in [0.4, 0.5) is 4.39 Å². The van der Waals surface area contributed by atoms with Gasteiger partial charge in [-0.1, -0.05) is 0 Å². The predicted octanol–water partition coefficient (Wildman–Crippen LogP) is 1.80. The summed E-state index contributed by atoms with van der Waals surface area (Å²) in [6.07, 6.45) is 0.965. The minimum atomic E-state index is -3.40. The normalized spacial score (nSPS) is 11.9. The van der Waals surface area contributed by atoms with Crippen molar-refractivity contribution in [1.82, 2.24) is 0 Å². The van der Waals surface area contributed by atoms with Gasteiger partial charge < -0.3 is 4.42 Å². The van der Waals surface area contributed by atoms with E-state index < -0.39 is 27.2 Å². The molecule has 2 aromatic rings. The number of sulfone groups is 1. The van der Waals surface area contributed by atoms with Crippen LogP contribution in [-0.2, 0) is 9.84 Å². The Hall–Kier alpha value is -1.69. The molecule has 0 radical (unpaired) electrons. The predicted molar refractivity (Wildman–Crippen MR) is 60.2 cm³/mol. The van der Waals surface area contributed by atoms with Crippen LogP contribution in [0.2, 0.25) is 0 Å². The summed E-state index contributed by atoms with van der Waals surface area (Å²) in [7, 11) is -3.40. The summed E-state index contributed by atoms with van der Waals surface area (Å²) in [5.74, 6) is -1.77. The van der Waals surface area contributed by atoms with Gasteiger partial charge in [0.2, 0.25) is 5.78 Å². The quantitative estimate of drug-likeness (QED) is 0.785. The maximum atomic E-state index is 12.9. The van der Waals surface area contributed by atoms with Crippen molar-refractivity contribution in [3.8, 4) is 0 Å². The van der Waals surface area contributed by atoms with Gasteiger partial charge >= 0.3 is 0 Å². The zero-order valence-corrected chi connectivity index (χ0v) is 9.75. The SMILES string of the molecule is CS(=O)(=O)CC(=O)c1cc2cc(F)ccc2o1. The number of carbonyl (C=O) groups is 1. The molecule has 90 valence electrons. The molecule has 2 rings (SSSR count). The summed E-state index contributed by atoms with van der Waals surface area (Å²) in [4.78, 5) is 11.5. The van der Waals surface area contributed by atoms with Crippen LogP contribution in [0.25, 0.3) is 11.0 Å². The molecule has 4 nitrogen and oxygen atoms in total. The van der Waals surface area contributed by atoms with Crippen LogP contribution in [0.3, 0.4) is 0 Å². The Balaban J connectivity index is 2.40. The van der Waals surface area contributed by atoms with E-state index in [1.54, 1.807) is 0 Å². The average Bonchev–Trinajstić information content (AvgIpc) is 2.57. The molecule has 0 spiro atoms. The summed E-state index contributed by atoms with van der Waals surface area (Å²) in [6, 6.07) is 5.15. The largest absolute Gasteiger partial charge is 0.453 e. The first-order valence-electron chi connectivity index (χ1n) is 4.75. The molecule has 6 heteroatoms. The van der Waals surface area contributed by atoms with Crippen molar-refractivity contribution in [1.29, 1.82) is 0 Å². The molecule has 0 amide bonds. The van der Waals surface area contributed by atoms with Crippen molar-refractivity contribution in [2.45, 2.75) is 0 Å². The van der Waals surface area contributed by atoms with Gasteiger partial charge in [0, 0.05) is 11.6 Å². The van der Waals surface area contributed by atoms with Gasteiger partial charge in [-0.25, -0.2) is 12.8 Å². The molecule has 1 aromatic heterocycles. The highest BCUT2D eigenvalue weighted by Crippen LogP contribution is 2.20. The molecule has 0 saturated heterocycles. The molecule has 1 heterocycles. The Morgan fingerprint density at radius 3 is 2.71 bits per heavy atom. The summed E-state index contributed by atoms with van der Waals surface area (Å²) in [5.41, 5.74) is 0.350. The van der Waals surface area contributed by atoms with E-state index in [1.807, 2.05) is 0 Å². The number of Topliss-reactive ketones (excluding diaryl/α,β-unsaturated/α-hetero) is 1. The first-order chi connectivity index (χ1) is 7.85. The number of ketones is 1. The lowest BCUT2D eigenvalue weighted by Gasteiger charge is -1.93. The zero-order valence-electron chi connectivity index (χ0n) is 8.94. The standard InChI is InChI=1S/C11H9FO4S/c1-17(14,15)6-9(13)11-5-7-4-8(12)2-3-10(7)16-11/h2-5H,6H2,1H3. The fraction of sp³-hybridized carbons (Fsp3) is 0.182. The van der Waals surface area contributed by atoms with E-state index >= 15 is 0 Å². The van der Waals surface area contributed by atoms with Crippen LogP contribution in [0.1, 0.15) is 10.6 Å². The Morgan fingerprint density at radius 2 is 2.06 bits per heavy atom. The molecule has 0 aliphatic rings. The number of rotatable bonds is 3. The zero-order chi connectivity index (χ0) is 12.6. The topological polar surface area (TPSA) is 64.3 Å². The second kappa shape index (κ2) is 3.96. The third-order valence-corrected chi connectivity index (χ3v) is 2.93. The van der Waals surface area contributed by atoms with Gasteiger partial charge in [0.1, 0.15) is 17.2 Å². The Morgan fingerprint density at radius 1 is 1.35 bits per heavy atom. The summed E-state index contributed by atoms with van der Waals surface area (Å²) >= 11 is 0. The van der Waals surface area contributed by atoms with Crippen molar-refractivity contribution in [2.24, 2.45) is 0 Å². The second-order valence-electron chi connectivity index (χ2n) is 3.79. The van der Waals surface area contributed by atoms with E-state index in [9.17, 15) is 17.6 Å². The highest BCUT2D eigenvalue weighted by Gasteiger charge is 2.17. The van der Waals surface area contributed by atoms with Crippen molar-refractivity contribution in [3.05, 3.63) is 35.8 Å². The number of hydrogen-bond donors (Lipinski definition) is 0. The summed E-state index contributed by atoms with van der Waals surface area (Å²) < 4.78 is 40.0. The third kappa shape index (κ3) is 2.71. The molecule has 0 fully saturated rings. The van der Waals surface area contributed by atoms with E-state index in [4.69, 9.17) is 4.42 Å². The second-order valence-corrected chi connectivity index (χ2v) is 5.93. The van der Waals surface area contributed by atoms with E-state index in [0.29, 0.717) is 11.0 Å². The molecule has 0 saturated carbocycles. The summed E-state index contributed by atoms with van der Waals surface area (Å²) in [5, 5.41) is 0.432. The molecule has 0 aliphatic carbocycles. The molecule has 0 atom stereocenters. The molecular weight excluding hydrogens is 247 g/mol. The van der Waals surface area contributed by atoms with Crippen LogP contribution in [0.15, 0.2) is 28.7 Å². The van der Waals surface area contributed by atoms with Crippen LogP contribution in [-0.4, -0.2) is 26.2 Å². The van der Waals surface area contributed by atoms with Gasteiger partial charge in [0.05, 0.1) is 0 Å². The van der Waals surface area contributed by atoms with E-state index in [2.05, 4.69) is 0 Å². The highest BCUT2D eigenvalue weighted by molar-refractivity contribution is 7.91. The Labute approximate surface area is 97.0 Å². The number of hydrogen-bond acceptors (Lipinski definition) is 4. The van der Waals surface area contributed by atoms with E-state index in [1.165, 1.54) is 24.3 Å². The van der Waals surface area contributed by atoms with Crippen LogP contribution >= 0.6 is 0 Å². The number of furan rings is 1. The average molecular weight is 256 g/mol. The number of benzene rings is 1. The molecule has 0 N–H and O–H groups in total. The first-order valence-corrected chi connectivity index (χ1v) is 6.81. The minimum absolute atomic E-state index is 0.0731. The van der Waals surface area contributed by atoms with Gasteiger partial charge in [-0.15, -0.1) is 0 Å². The van der Waals surface area contributed by atoms with Crippen molar-refractivity contribution < 1.29 is 22.0 Å². The minimum Gasteiger partial charge on any atom is -0.453 e. The number of fused-ring (bicyclic) bond motifs is 1. The van der Waals surface area contributed by atoms with Gasteiger partial charge in [-0.2, -0.15) is 0 Å². The van der Waals surface area contributed by atoms with Crippen LogP contribution in [0, 0.1) is 5.82 Å². The number of carbonyl (C=O) groups excluding carboxylic acids is 1. The molecule has 0 bridgehead atoms. The molecular formula is C11H9FO4S. The monoisotopic (exact) mass is 256 g/mol. The van der Waals surface area contributed by atoms with Gasteiger partial charge in [0.15, 0.2) is 15.6 Å². The lowest BCUT2D eigenvalue weighted by molar-refractivity contribution is 0.0993. The van der Waals surface area contributed by atoms with Crippen molar-refractivity contribution in [3.63, 3.8) is 0 Å². The van der Waals surface area contributed by atoms with E-state index in [-0.39, 0.29) is 5.76 Å². The van der Waals surface area contributed by atoms with Crippen molar-refractivity contribution >= 4 is 26.6 Å².